The number of halogens is 1. The maximum absolute atomic E-state index is 12.9. The predicted molar refractivity (Wildman–Crippen MR) is 122 cm³/mol. The standard InChI is InChI=1S/C24H25FN4O3/c1-4-32-24(31)18-6-5-7-22(13-18)29-16(2)12-19(17(29)3)14-27-28-23(30)15-26-21-10-8-20(25)9-11-21/h5-14,26H,4,15H2,1-3H3,(H,28,30)/b27-14-. The van der Waals surface area contributed by atoms with E-state index in [1.165, 1.54) is 12.1 Å². The Hall–Kier alpha value is -3.94. The molecule has 0 bridgehead atoms. The van der Waals surface area contributed by atoms with E-state index in [0.29, 0.717) is 17.9 Å². The first kappa shape index (κ1) is 22.7. The summed E-state index contributed by atoms with van der Waals surface area (Å²) in [5.41, 5.74) is 7.11. The number of hydrogen-bond donors (Lipinski definition) is 2. The third-order valence-electron chi connectivity index (χ3n) is 4.78. The Bertz CT molecular complexity index is 1140. The van der Waals surface area contributed by atoms with Crippen LogP contribution >= 0.6 is 0 Å². The second-order valence-electron chi connectivity index (χ2n) is 7.09. The summed E-state index contributed by atoms with van der Waals surface area (Å²) in [6.45, 7) is 5.97. The minimum atomic E-state index is -0.365. The van der Waals surface area contributed by atoms with Crippen LogP contribution < -0.4 is 10.7 Å². The summed E-state index contributed by atoms with van der Waals surface area (Å²) < 4.78 is 20.0. The monoisotopic (exact) mass is 436 g/mol. The first-order valence-electron chi connectivity index (χ1n) is 10.2. The van der Waals surface area contributed by atoms with Crippen molar-refractivity contribution in [3.8, 4) is 5.69 Å². The number of nitrogens with one attached hydrogen (secondary N) is 2. The molecule has 0 aliphatic heterocycles. The van der Waals surface area contributed by atoms with Crippen molar-refractivity contribution >= 4 is 23.8 Å². The van der Waals surface area contributed by atoms with Crippen LogP contribution in [0.4, 0.5) is 10.1 Å². The molecule has 0 fully saturated rings. The largest absolute Gasteiger partial charge is 0.462 e. The van der Waals surface area contributed by atoms with Gasteiger partial charge in [-0.15, -0.1) is 0 Å². The summed E-state index contributed by atoms with van der Waals surface area (Å²) in [7, 11) is 0. The van der Waals surface area contributed by atoms with E-state index in [9.17, 15) is 14.0 Å². The highest BCUT2D eigenvalue weighted by atomic mass is 19.1. The smallest absolute Gasteiger partial charge is 0.338 e. The molecule has 3 rings (SSSR count). The van der Waals surface area contributed by atoms with Crippen molar-refractivity contribution in [3.63, 3.8) is 0 Å². The van der Waals surface area contributed by atoms with Crippen LogP contribution in [0.1, 0.15) is 34.2 Å². The molecule has 8 heteroatoms. The summed E-state index contributed by atoms with van der Waals surface area (Å²) >= 11 is 0. The number of aryl methyl sites for hydroxylation is 1. The summed E-state index contributed by atoms with van der Waals surface area (Å²) in [5.74, 6) is -1.04. The van der Waals surface area contributed by atoms with Gasteiger partial charge in [-0.05, 0) is 69.3 Å². The maximum atomic E-state index is 12.9. The van der Waals surface area contributed by atoms with E-state index < -0.39 is 0 Å². The van der Waals surface area contributed by atoms with Crippen molar-refractivity contribution in [2.24, 2.45) is 5.10 Å². The molecule has 2 N–H and O–H groups in total. The van der Waals surface area contributed by atoms with Gasteiger partial charge in [-0.1, -0.05) is 6.07 Å². The number of benzene rings is 2. The molecule has 3 aromatic rings. The maximum Gasteiger partial charge on any atom is 0.338 e. The van der Waals surface area contributed by atoms with Gasteiger partial charge in [-0.25, -0.2) is 14.6 Å². The topological polar surface area (TPSA) is 84.7 Å². The van der Waals surface area contributed by atoms with Crippen LogP contribution in [0.25, 0.3) is 5.69 Å². The highest BCUT2D eigenvalue weighted by Gasteiger charge is 2.12. The number of aromatic nitrogens is 1. The number of anilines is 1. The summed E-state index contributed by atoms with van der Waals surface area (Å²) in [6.07, 6.45) is 1.57. The van der Waals surface area contributed by atoms with Crippen molar-refractivity contribution in [2.75, 3.05) is 18.5 Å². The molecule has 0 aliphatic rings. The predicted octanol–water partition coefficient (Wildman–Crippen LogP) is 3.97. The van der Waals surface area contributed by atoms with Gasteiger partial charge in [0.2, 0.25) is 0 Å². The highest BCUT2D eigenvalue weighted by molar-refractivity contribution is 5.90. The van der Waals surface area contributed by atoms with E-state index in [1.807, 2.05) is 36.6 Å². The van der Waals surface area contributed by atoms with Crippen molar-refractivity contribution in [3.05, 3.63) is 82.9 Å². The quantitative estimate of drug-likeness (QED) is 0.318. The minimum absolute atomic E-state index is 0.00263. The molecule has 0 saturated heterocycles. The molecule has 32 heavy (non-hydrogen) atoms. The first-order chi connectivity index (χ1) is 15.4. The van der Waals surface area contributed by atoms with Crippen molar-refractivity contribution in [1.29, 1.82) is 0 Å². The van der Waals surface area contributed by atoms with Gasteiger partial charge in [-0.2, -0.15) is 5.10 Å². The Kier molecular flexibility index (Phi) is 7.38. The van der Waals surface area contributed by atoms with E-state index in [1.54, 1.807) is 37.4 Å². The number of rotatable bonds is 8. The number of hydrogen-bond acceptors (Lipinski definition) is 5. The molecular weight excluding hydrogens is 411 g/mol. The van der Waals surface area contributed by atoms with Gasteiger partial charge in [0, 0.05) is 28.3 Å². The normalized spacial score (nSPS) is 10.9. The third-order valence-corrected chi connectivity index (χ3v) is 4.78. The van der Waals surface area contributed by atoms with Gasteiger partial charge in [0.1, 0.15) is 5.82 Å². The van der Waals surface area contributed by atoms with Gasteiger partial charge in [0.15, 0.2) is 0 Å². The molecule has 0 atom stereocenters. The van der Waals surface area contributed by atoms with E-state index in [2.05, 4.69) is 15.8 Å². The van der Waals surface area contributed by atoms with Gasteiger partial charge in [0.05, 0.1) is 24.9 Å². The lowest BCUT2D eigenvalue weighted by Crippen LogP contribution is -2.25. The van der Waals surface area contributed by atoms with Crippen LogP contribution in [0.15, 0.2) is 59.7 Å². The number of nitrogens with zero attached hydrogens (tertiary/aromatic N) is 2. The molecule has 1 aromatic heterocycles. The van der Waals surface area contributed by atoms with E-state index >= 15 is 0 Å². The lowest BCUT2D eigenvalue weighted by atomic mass is 10.2. The Morgan fingerprint density at radius 1 is 1.12 bits per heavy atom. The molecule has 1 amide bonds. The SMILES string of the molecule is CCOC(=O)c1cccc(-n2c(C)cc(/C=N\NC(=O)CNc3ccc(F)cc3)c2C)c1. The third kappa shape index (κ3) is 5.60. The lowest BCUT2D eigenvalue weighted by Gasteiger charge is -2.11. The van der Waals surface area contributed by atoms with Crippen LogP contribution in [-0.2, 0) is 9.53 Å². The average Bonchev–Trinajstić information content (AvgIpc) is 3.06. The molecule has 0 spiro atoms. The fourth-order valence-electron chi connectivity index (χ4n) is 3.27. The second kappa shape index (κ2) is 10.4. The van der Waals surface area contributed by atoms with Gasteiger partial charge in [0.25, 0.3) is 5.91 Å². The molecule has 0 unspecified atom stereocenters. The number of carbonyl (C=O) groups is 2. The van der Waals surface area contributed by atoms with Crippen molar-refractivity contribution < 1.29 is 18.7 Å². The average molecular weight is 436 g/mol. The van der Waals surface area contributed by atoms with Crippen LogP contribution in [-0.4, -0.2) is 35.8 Å². The molecular formula is C24H25FN4O3. The highest BCUT2D eigenvalue weighted by Crippen LogP contribution is 2.21. The zero-order chi connectivity index (χ0) is 23.1. The number of esters is 1. The summed E-state index contributed by atoms with van der Waals surface area (Å²) in [6, 6.07) is 14.9. The van der Waals surface area contributed by atoms with E-state index in [4.69, 9.17) is 4.74 Å². The first-order valence-corrected chi connectivity index (χ1v) is 10.2. The molecule has 7 nitrogen and oxygen atoms in total. The fourth-order valence-corrected chi connectivity index (χ4v) is 3.27. The molecule has 2 aromatic carbocycles. The van der Waals surface area contributed by atoms with Crippen molar-refractivity contribution in [2.45, 2.75) is 20.8 Å². The molecule has 166 valence electrons. The minimum Gasteiger partial charge on any atom is -0.462 e. The lowest BCUT2D eigenvalue weighted by molar-refractivity contribution is -0.119. The van der Waals surface area contributed by atoms with Crippen LogP contribution in [0, 0.1) is 19.7 Å². The molecule has 0 aliphatic carbocycles. The Balaban J connectivity index is 1.66. The number of carbonyl (C=O) groups excluding carboxylic acids is 2. The van der Waals surface area contributed by atoms with E-state index in [0.717, 1.165) is 22.6 Å². The zero-order valence-electron chi connectivity index (χ0n) is 18.2. The summed E-state index contributed by atoms with van der Waals surface area (Å²) in [4.78, 5) is 24.0. The number of hydrazone groups is 1. The summed E-state index contributed by atoms with van der Waals surface area (Å²) in [5, 5.41) is 6.93. The van der Waals surface area contributed by atoms with Crippen LogP contribution in [0.3, 0.4) is 0 Å². The number of amides is 1. The van der Waals surface area contributed by atoms with E-state index in [-0.39, 0.29) is 24.2 Å². The van der Waals surface area contributed by atoms with Gasteiger partial charge < -0.3 is 14.6 Å². The molecule has 0 radical (unpaired) electrons. The van der Waals surface area contributed by atoms with Gasteiger partial charge in [-0.3, -0.25) is 4.79 Å². The Labute approximate surface area is 185 Å². The number of ether oxygens (including phenoxy) is 1. The second-order valence-corrected chi connectivity index (χ2v) is 7.09. The van der Waals surface area contributed by atoms with Crippen molar-refractivity contribution in [1.82, 2.24) is 9.99 Å². The van der Waals surface area contributed by atoms with Gasteiger partial charge >= 0.3 is 5.97 Å². The Morgan fingerprint density at radius 2 is 1.88 bits per heavy atom. The molecule has 1 heterocycles. The zero-order valence-corrected chi connectivity index (χ0v) is 18.2. The Morgan fingerprint density at radius 3 is 2.59 bits per heavy atom. The van der Waals surface area contributed by atoms with Crippen LogP contribution in [0.5, 0.6) is 0 Å². The molecule has 0 saturated carbocycles. The van der Waals surface area contributed by atoms with Crippen LogP contribution in [0.2, 0.25) is 0 Å². The fraction of sp³-hybridized carbons (Fsp3) is 0.208.